The molecule has 0 saturated carbocycles. The summed E-state index contributed by atoms with van der Waals surface area (Å²) < 4.78 is 28.9. The molecule has 2 rings (SSSR count). The predicted molar refractivity (Wildman–Crippen MR) is 66.0 cm³/mol. The van der Waals surface area contributed by atoms with Gasteiger partial charge in [0.25, 0.3) is 0 Å². The topological polar surface area (TPSA) is 38.1 Å². The molecule has 0 amide bonds. The van der Waals surface area contributed by atoms with Gasteiger partial charge in [0.1, 0.15) is 11.6 Å². The Morgan fingerprint density at radius 1 is 1.44 bits per heavy atom. The number of hydrogen-bond donors (Lipinski definition) is 1. The Morgan fingerprint density at radius 2 is 2.17 bits per heavy atom. The maximum absolute atomic E-state index is 13.7. The van der Waals surface area contributed by atoms with Crippen molar-refractivity contribution in [3.63, 3.8) is 0 Å². The molecule has 0 fully saturated rings. The number of aliphatic hydroxyl groups excluding tert-OH is 1. The second kappa shape index (κ2) is 5.16. The average Bonchev–Trinajstić information content (AvgIpc) is 2.78. The number of nitrogens with zero attached hydrogens (tertiary/aromatic N) is 2. The van der Waals surface area contributed by atoms with Crippen molar-refractivity contribution in [1.29, 1.82) is 0 Å². The Labute approximate surface area is 111 Å². The monoisotopic (exact) mass is 316 g/mol. The van der Waals surface area contributed by atoms with E-state index in [0.717, 1.165) is 0 Å². The third-order valence-corrected chi connectivity index (χ3v) is 3.21. The van der Waals surface area contributed by atoms with Crippen LogP contribution in [0.15, 0.2) is 29.0 Å². The van der Waals surface area contributed by atoms with Crippen molar-refractivity contribution in [2.24, 2.45) is 0 Å². The molecule has 1 N–H and O–H groups in total. The highest BCUT2D eigenvalue weighted by Crippen LogP contribution is 2.22. The van der Waals surface area contributed by atoms with Gasteiger partial charge in [-0.15, -0.1) is 0 Å². The van der Waals surface area contributed by atoms with Gasteiger partial charge in [0.05, 0.1) is 23.3 Å². The molecular formula is C12H11BrF2N2O. The van der Waals surface area contributed by atoms with Gasteiger partial charge < -0.3 is 5.11 Å². The van der Waals surface area contributed by atoms with Crippen molar-refractivity contribution < 1.29 is 13.9 Å². The Kier molecular flexibility index (Phi) is 3.77. The van der Waals surface area contributed by atoms with E-state index in [1.807, 2.05) is 0 Å². The number of halogens is 3. The van der Waals surface area contributed by atoms with E-state index in [-0.39, 0.29) is 16.6 Å². The minimum absolute atomic E-state index is 0.0240. The van der Waals surface area contributed by atoms with E-state index < -0.39 is 17.7 Å². The highest BCUT2D eigenvalue weighted by atomic mass is 79.9. The smallest absolute Gasteiger partial charge is 0.145 e. The number of benzene rings is 1. The van der Waals surface area contributed by atoms with E-state index in [4.69, 9.17) is 0 Å². The first kappa shape index (κ1) is 13.2. The molecule has 1 aromatic heterocycles. The van der Waals surface area contributed by atoms with Crippen LogP contribution in [0.2, 0.25) is 0 Å². The van der Waals surface area contributed by atoms with Gasteiger partial charge in [0, 0.05) is 17.3 Å². The lowest BCUT2D eigenvalue weighted by molar-refractivity contribution is 0.199. The Morgan fingerprint density at radius 3 is 2.78 bits per heavy atom. The Hall–Kier alpha value is -1.27. The van der Waals surface area contributed by atoms with Gasteiger partial charge >= 0.3 is 0 Å². The average molecular weight is 317 g/mol. The molecule has 1 heterocycles. The van der Waals surface area contributed by atoms with Crippen LogP contribution in [-0.4, -0.2) is 14.9 Å². The Bertz CT molecular complexity index is 569. The van der Waals surface area contributed by atoms with E-state index in [0.29, 0.717) is 5.56 Å². The zero-order valence-electron chi connectivity index (χ0n) is 9.57. The normalized spacial score (nSPS) is 12.7. The standard InChI is InChI=1S/C12H11BrF2N2O/c1-7(18)8-4-16-17(5-8)6-9-11(14)3-2-10(13)12(9)15/h2-5,7,18H,6H2,1H3. The zero-order chi connectivity index (χ0) is 13.3. The minimum atomic E-state index is -0.657. The maximum Gasteiger partial charge on any atom is 0.145 e. The number of rotatable bonds is 3. The van der Waals surface area contributed by atoms with Gasteiger partial charge in [0.2, 0.25) is 0 Å². The highest BCUT2D eigenvalue weighted by molar-refractivity contribution is 9.10. The molecule has 0 saturated heterocycles. The maximum atomic E-state index is 13.7. The van der Waals surface area contributed by atoms with E-state index in [9.17, 15) is 13.9 Å². The molecule has 18 heavy (non-hydrogen) atoms. The molecule has 0 aliphatic carbocycles. The van der Waals surface area contributed by atoms with Gasteiger partial charge in [0.15, 0.2) is 0 Å². The molecule has 1 atom stereocenters. The molecule has 1 unspecified atom stereocenters. The van der Waals surface area contributed by atoms with Crippen LogP contribution in [0.25, 0.3) is 0 Å². The molecule has 0 aliphatic rings. The first-order chi connectivity index (χ1) is 8.49. The molecule has 1 aromatic carbocycles. The summed E-state index contributed by atoms with van der Waals surface area (Å²) in [6.07, 6.45) is 2.37. The van der Waals surface area contributed by atoms with Crippen LogP contribution in [0.1, 0.15) is 24.2 Å². The SMILES string of the molecule is CC(O)c1cnn(Cc2c(F)ccc(Br)c2F)c1. The molecule has 0 bridgehead atoms. The van der Waals surface area contributed by atoms with E-state index in [1.165, 1.54) is 23.0 Å². The molecule has 0 radical (unpaired) electrons. The summed E-state index contributed by atoms with van der Waals surface area (Å²) in [5.41, 5.74) is 0.537. The van der Waals surface area contributed by atoms with E-state index in [1.54, 1.807) is 13.1 Å². The fourth-order valence-electron chi connectivity index (χ4n) is 1.56. The van der Waals surface area contributed by atoms with Crippen molar-refractivity contribution in [3.8, 4) is 0 Å². The third kappa shape index (κ3) is 2.59. The van der Waals surface area contributed by atoms with Crippen molar-refractivity contribution >= 4 is 15.9 Å². The quantitative estimate of drug-likeness (QED) is 0.884. The van der Waals surface area contributed by atoms with Crippen molar-refractivity contribution in [3.05, 3.63) is 51.8 Å². The fraction of sp³-hybridized carbons (Fsp3) is 0.250. The number of aromatic nitrogens is 2. The third-order valence-electron chi connectivity index (χ3n) is 2.59. The van der Waals surface area contributed by atoms with Crippen molar-refractivity contribution in [2.75, 3.05) is 0 Å². The first-order valence-electron chi connectivity index (χ1n) is 5.32. The largest absolute Gasteiger partial charge is 0.389 e. The summed E-state index contributed by atoms with van der Waals surface area (Å²) in [5, 5.41) is 13.3. The van der Waals surface area contributed by atoms with Crippen LogP contribution in [-0.2, 0) is 6.54 Å². The summed E-state index contributed by atoms with van der Waals surface area (Å²) in [6, 6.07) is 2.51. The summed E-state index contributed by atoms with van der Waals surface area (Å²) in [6.45, 7) is 1.57. The van der Waals surface area contributed by atoms with Crippen LogP contribution in [0.5, 0.6) is 0 Å². The van der Waals surface area contributed by atoms with E-state index in [2.05, 4.69) is 21.0 Å². The van der Waals surface area contributed by atoms with Crippen LogP contribution >= 0.6 is 15.9 Å². The summed E-state index contributed by atoms with van der Waals surface area (Å²) in [7, 11) is 0. The first-order valence-corrected chi connectivity index (χ1v) is 6.11. The Balaban J connectivity index is 2.31. The second-order valence-corrected chi connectivity index (χ2v) is 4.82. The van der Waals surface area contributed by atoms with Crippen molar-refractivity contribution in [2.45, 2.75) is 19.6 Å². The lowest BCUT2D eigenvalue weighted by atomic mass is 10.2. The lowest BCUT2D eigenvalue weighted by Gasteiger charge is -2.06. The van der Waals surface area contributed by atoms with Gasteiger partial charge in [-0.05, 0) is 35.0 Å². The van der Waals surface area contributed by atoms with Crippen LogP contribution in [0.4, 0.5) is 8.78 Å². The molecule has 0 aliphatic heterocycles. The van der Waals surface area contributed by atoms with Crippen LogP contribution in [0.3, 0.4) is 0 Å². The number of aliphatic hydroxyl groups is 1. The molecular weight excluding hydrogens is 306 g/mol. The number of hydrogen-bond acceptors (Lipinski definition) is 2. The lowest BCUT2D eigenvalue weighted by Crippen LogP contribution is -2.05. The summed E-state index contributed by atoms with van der Waals surface area (Å²) in [5.74, 6) is -1.26. The predicted octanol–water partition coefficient (Wildman–Crippen LogP) is 3.03. The second-order valence-electron chi connectivity index (χ2n) is 3.97. The zero-order valence-corrected chi connectivity index (χ0v) is 11.2. The summed E-state index contributed by atoms with van der Waals surface area (Å²) in [4.78, 5) is 0. The molecule has 3 nitrogen and oxygen atoms in total. The van der Waals surface area contributed by atoms with Crippen LogP contribution in [0, 0.1) is 11.6 Å². The molecule has 6 heteroatoms. The molecule has 96 valence electrons. The minimum Gasteiger partial charge on any atom is -0.389 e. The van der Waals surface area contributed by atoms with Gasteiger partial charge in [-0.3, -0.25) is 4.68 Å². The van der Waals surface area contributed by atoms with Crippen molar-refractivity contribution in [1.82, 2.24) is 9.78 Å². The molecule has 0 spiro atoms. The van der Waals surface area contributed by atoms with Gasteiger partial charge in [-0.2, -0.15) is 5.10 Å². The van der Waals surface area contributed by atoms with E-state index >= 15 is 0 Å². The highest BCUT2D eigenvalue weighted by Gasteiger charge is 2.14. The fourth-order valence-corrected chi connectivity index (χ4v) is 1.93. The van der Waals surface area contributed by atoms with Gasteiger partial charge in [-0.1, -0.05) is 0 Å². The summed E-state index contributed by atoms with van der Waals surface area (Å²) >= 11 is 3.01. The van der Waals surface area contributed by atoms with Crippen LogP contribution < -0.4 is 0 Å². The van der Waals surface area contributed by atoms with Gasteiger partial charge in [-0.25, -0.2) is 8.78 Å². The molecule has 2 aromatic rings.